The highest BCUT2D eigenvalue weighted by atomic mass is 16.5. The van der Waals surface area contributed by atoms with Crippen molar-refractivity contribution in [2.45, 2.75) is 65.3 Å². The largest absolute Gasteiger partial charge is 0.496 e. The third-order valence-corrected chi connectivity index (χ3v) is 4.88. The number of hydrogen-bond acceptors (Lipinski definition) is 2. The van der Waals surface area contributed by atoms with Crippen molar-refractivity contribution < 1.29 is 4.74 Å². The summed E-state index contributed by atoms with van der Waals surface area (Å²) in [5.74, 6) is 3.82. The van der Waals surface area contributed by atoms with E-state index in [-0.39, 0.29) is 0 Å². The van der Waals surface area contributed by atoms with Gasteiger partial charge in [-0.05, 0) is 62.5 Å². The molecule has 1 heterocycles. The van der Waals surface area contributed by atoms with E-state index >= 15 is 0 Å². The van der Waals surface area contributed by atoms with Gasteiger partial charge in [-0.25, -0.2) is 0 Å². The van der Waals surface area contributed by atoms with E-state index in [1.165, 1.54) is 37.9 Å². The molecule has 1 unspecified atom stereocenters. The molecule has 2 nitrogen and oxygen atoms in total. The molecule has 19 heavy (non-hydrogen) atoms. The molecule has 2 rings (SSSR count). The molecule has 0 spiro atoms. The molecule has 0 bridgehead atoms. The Morgan fingerprint density at radius 3 is 2.42 bits per heavy atom. The second-order valence-electron chi connectivity index (χ2n) is 6.59. The molecular formula is C17H31NO. The molecular weight excluding hydrogens is 234 g/mol. The normalized spacial score (nSPS) is 29.2. The molecule has 1 aliphatic heterocycles. The smallest absolute Gasteiger partial charge is 0.109 e. The summed E-state index contributed by atoms with van der Waals surface area (Å²) in [6, 6.07) is 0.482. The van der Waals surface area contributed by atoms with Crippen LogP contribution in [0.2, 0.25) is 0 Å². The summed E-state index contributed by atoms with van der Waals surface area (Å²) in [7, 11) is 0. The highest BCUT2D eigenvalue weighted by Gasteiger charge is 2.31. The fourth-order valence-electron chi connectivity index (χ4n) is 3.60. The van der Waals surface area contributed by atoms with Crippen LogP contribution in [0.25, 0.3) is 0 Å². The number of ether oxygens (including phenoxy) is 1. The molecule has 0 amide bonds. The third-order valence-electron chi connectivity index (χ3n) is 4.88. The molecule has 1 N–H and O–H groups in total. The summed E-state index contributed by atoms with van der Waals surface area (Å²) in [5, 5.41) is 3.73. The molecule has 110 valence electrons. The van der Waals surface area contributed by atoms with Crippen molar-refractivity contribution in [3.05, 3.63) is 11.8 Å². The molecule has 0 aromatic rings. The van der Waals surface area contributed by atoms with Gasteiger partial charge < -0.3 is 10.1 Å². The molecule has 2 aliphatic rings. The van der Waals surface area contributed by atoms with Crippen LogP contribution in [0.15, 0.2) is 11.8 Å². The molecule has 1 atom stereocenters. The van der Waals surface area contributed by atoms with E-state index in [0.717, 1.165) is 37.3 Å². The van der Waals surface area contributed by atoms with Gasteiger partial charge in [0.2, 0.25) is 0 Å². The zero-order valence-corrected chi connectivity index (χ0v) is 13.0. The van der Waals surface area contributed by atoms with E-state index in [4.69, 9.17) is 4.74 Å². The van der Waals surface area contributed by atoms with Crippen molar-refractivity contribution in [3.63, 3.8) is 0 Å². The summed E-state index contributed by atoms with van der Waals surface area (Å²) in [4.78, 5) is 0. The predicted molar refractivity (Wildman–Crippen MR) is 81.0 cm³/mol. The van der Waals surface area contributed by atoms with Gasteiger partial charge in [0.25, 0.3) is 0 Å². The molecule has 0 saturated heterocycles. The standard InChI is InChI=1S/C17H31NO/c1-4-11-18-17(16-6-5-12-19-16)15-9-7-14(8-10-15)13(2)3/h6,13-15,17-18H,4-5,7-12H2,1-3H3. The highest BCUT2D eigenvalue weighted by Crippen LogP contribution is 2.37. The predicted octanol–water partition coefficient (Wildman–Crippen LogP) is 4.12. The van der Waals surface area contributed by atoms with Crippen LogP contribution in [-0.2, 0) is 4.74 Å². The summed E-state index contributed by atoms with van der Waals surface area (Å²) >= 11 is 0. The van der Waals surface area contributed by atoms with Crippen molar-refractivity contribution in [2.75, 3.05) is 13.2 Å². The molecule has 0 aromatic carbocycles. The average molecular weight is 265 g/mol. The van der Waals surface area contributed by atoms with Gasteiger partial charge in [0, 0.05) is 6.42 Å². The number of nitrogens with one attached hydrogen (secondary N) is 1. The Morgan fingerprint density at radius 2 is 1.89 bits per heavy atom. The monoisotopic (exact) mass is 265 g/mol. The summed E-state index contributed by atoms with van der Waals surface area (Å²) in [6.07, 6.45) is 10.1. The molecule has 0 aromatic heterocycles. The van der Waals surface area contributed by atoms with Gasteiger partial charge in [-0.15, -0.1) is 0 Å². The van der Waals surface area contributed by atoms with E-state index in [0.29, 0.717) is 6.04 Å². The Morgan fingerprint density at radius 1 is 1.21 bits per heavy atom. The van der Waals surface area contributed by atoms with E-state index < -0.39 is 0 Å². The lowest BCUT2D eigenvalue weighted by Gasteiger charge is -2.36. The lowest BCUT2D eigenvalue weighted by molar-refractivity contribution is 0.151. The zero-order chi connectivity index (χ0) is 13.7. The van der Waals surface area contributed by atoms with E-state index in [2.05, 4.69) is 32.2 Å². The minimum atomic E-state index is 0.482. The lowest BCUT2D eigenvalue weighted by Crippen LogP contribution is -2.40. The van der Waals surface area contributed by atoms with Crippen molar-refractivity contribution in [1.29, 1.82) is 0 Å². The third kappa shape index (κ3) is 3.98. The van der Waals surface area contributed by atoms with Crippen molar-refractivity contribution >= 4 is 0 Å². The maximum absolute atomic E-state index is 5.84. The van der Waals surface area contributed by atoms with Crippen LogP contribution < -0.4 is 5.32 Å². The van der Waals surface area contributed by atoms with E-state index in [1.807, 2.05) is 0 Å². The molecule has 1 aliphatic carbocycles. The maximum atomic E-state index is 5.84. The van der Waals surface area contributed by atoms with Gasteiger partial charge in [0.15, 0.2) is 0 Å². The van der Waals surface area contributed by atoms with Crippen LogP contribution in [0, 0.1) is 17.8 Å². The Hall–Kier alpha value is -0.500. The first-order valence-electron chi connectivity index (χ1n) is 8.28. The van der Waals surface area contributed by atoms with Crippen molar-refractivity contribution in [1.82, 2.24) is 5.32 Å². The van der Waals surface area contributed by atoms with Crippen LogP contribution in [0.1, 0.15) is 59.3 Å². The van der Waals surface area contributed by atoms with Crippen LogP contribution in [0.4, 0.5) is 0 Å². The molecule has 1 fully saturated rings. The second-order valence-corrected chi connectivity index (χ2v) is 6.59. The summed E-state index contributed by atoms with van der Waals surface area (Å²) in [5.41, 5.74) is 0. The van der Waals surface area contributed by atoms with Crippen LogP contribution in [0.5, 0.6) is 0 Å². The fourth-order valence-corrected chi connectivity index (χ4v) is 3.60. The Balaban J connectivity index is 1.91. The van der Waals surface area contributed by atoms with Gasteiger partial charge in [-0.2, -0.15) is 0 Å². The first-order valence-corrected chi connectivity index (χ1v) is 8.28. The summed E-state index contributed by atoms with van der Waals surface area (Å²) < 4.78 is 5.84. The van der Waals surface area contributed by atoms with Gasteiger partial charge in [-0.1, -0.05) is 20.8 Å². The van der Waals surface area contributed by atoms with Gasteiger partial charge >= 0.3 is 0 Å². The van der Waals surface area contributed by atoms with E-state index in [9.17, 15) is 0 Å². The van der Waals surface area contributed by atoms with Crippen LogP contribution in [0.3, 0.4) is 0 Å². The number of hydrogen-bond donors (Lipinski definition) is 1. The summed E-state index contributed by atoms with van der Waals surface area (Å²) in [6.45, 7) is 8.99. The topological polar surface area (TPSA) is 21.3 Å². The quantitative estimate of drug-likeness (QED) is 0.780. The maximum Gasteiger partial charge on any atom is 0.109 e. The zero-order valence-electron chi connectivity index (χ0n) is 13.0. The van der Waals surface area contributed by atoms with Gasteiger partial charge in [-0.3, -0.25) is 0 Å². The average Bonchev–Trinajstić information content (AvgIpc) is 2.94. The van der Waals surface area contributed by atoms with Crippen molar-refractivity contribution in [3.8, 4) is 0 Å². The lowest BCUT2D eigenvalue weighted by atomic mass is 9.74. The Labute approximate surface area is 119 Å². The van der Waals surface area contributed by atoms with Crippen molar-refractivity contribution in [2.24, 2.45) is 17.8 Å². The minimum Gasteiger partial charge on any atom is -0.496 e. The fraction of sp³-hybridized carbons (Fsp3) is 0.882. The Bertz CT molecular complexity index is 290. The SMILES string of the molecule is CCCNC(C1=CCCO1)C1CCC(C(C)C)CC1. The first kappa shape index (κ1) is 14.9. The Kier molecular flexibility index (Phi) is 5.75. The second kappa shape index (κ2) is 7.33. The molecule has 1 saturated carbocycles. The van der Waals surface area contributed by atoms with Crippen LogP contribution in [-0.4, -0.2) is 19.2 Å². The van der Waals surface area contributed by atoms with Crippen LogP contribution >= 0.6 is 0 Å². The molecule has 2 heteroatoms. The minimum absolute atomic E-state index is 0.482. The van der Waals surface area contributed by atoms with Gasteiger partial charge in [0.1, 0.15) is 5.76 Å². The van der Waals surface area contributed by atoms with Gasteiger partial charge in [0.05, 0.1) is 12.6 Å². The highest BCUT2D eigenvalue weighted by molar-refractivity contribution is 5.09. The molecule has 0 radical (unpaired) electrons. The van der Waals surface area contributed by atoms with E-state index in [1.54, 1.807) is 0 Å². The number of rotatable bonds is 6. The first-order chi connectivity index (χ1) is 9.22.